The zero-order valence-corrected chi connectivity index (χ0v) is 10.5. The number of hydrogen-bond acceptors (Lipinski definition) is 3. The second-order valence-electron chi connectivity index (χ2n) is 3.73. The molecular weight excluding hydrogens is 206 g/mol. The molecule has 86 valence electrons. The predicted molar refractivity (Wildman–Crippen MR) is 67.2 cm³/mol. The Morgan fingerprint density at radius 3 is 3.07 bits per heavy atom. The fraction of sp³-hybridized carbons (Fsp3) is 0.667. The largest absolute Gasteiger partial charge is 0.468 e. The first-order valence-corrected chi connectivity index (χ1v) is 6.82. The second kappa shape index (κ2) is 7.83. The summed E-state index contributed by atoms with van der Waals surface area (Å²) in [4.78, 5) is 0. The fourth-order valence-corrected chi connectivity index (χ4v) is 2.39. The Labute approximate surface area is 96.8 Å². The van der Waals surface area contributed by atoms with Crippen molar-refractivity contribution in [2.75, 3.05) is 12.3 Å². The Morgan fingerprint density at radius 1 is 1.53 bits per heavy atom. The summed E-state index contributed by atoms with van der Waals surface area (Å²) >= 11 is 1.95. The van der Waals surface area contributed by atoms with E-state index < -0.39 is 0 Å². The molecule has 1 atom stereocenters. The van der Waals surface area contributed by atoms with Crippen molar-refractivity contribution < 1.29 is 4.42 Å². The van der Waals surface area contributed by atoms with Gasteiger partial charge in [0, 0.05) is 6.04 Å². The van der Waals surface area contributed by atoms with Crippen molar-refractivity contribution in [2.24, 2.45) is 0 Å². The molecule has 0 aromatic carbocycles. The zero-order chi connectivity index (χ0) is 10.9. The van der Waals surface area contributed by atoms with Crippen LogP contribution in [0, 0.1) is 0 Å². The van der Waals surface area contributed by atoms with Crippen LogP contribution in [0.1, 0.15) is 32.4 Å². The Balaban J connectivity index is 1.93. The smallest absolute Gasteiger partial charge is 0.113 e. The minimum absolute atomic E-state index is 0.652. The van der Waals surface area contributed by atoms with Gasteiger partial charge in [-0.3, -0.25) is 0 Å². The lowest BCUT2D eigenvalue weighted by Crippen LogP contribution is -2.25. The maximum atomic E-state index is 5.27. The van der Waals surface area contributed by atoms with E-state index in [2.05, 4.69) is 19.2 Å². The SMILES string of the molecule is CCNC(C)CCCSCc1ccco1. The van der Waals surface area contributed by atoms with E-state index in [-0.39, 0.29) is 0 Å². The van der Waals surface area contributed by atoms with Crippen LogP contribution in [0.2, 0.25) is 0 Å². The molecule has 1 aromatic rings. The van der Waals surface area contributed by atoms with Gasteiger partial charge < -0.3 is 9.73 Å². The van der Waals surface area contributed by atoms with E-state index in [9.17, 15) is 0 Å². The highest BCUT2D eigenvalue weighted by Gasteiger charge is 2.00. The normalized spacial score (nSPS) is 12.9. The molecule has 0 aliphatic carbocycles. The third-order valence-electron chi connectivity index (χ3n) is 2.30. The molecule has 0 saturated heterocycles. The van der Waals surface area contributed by atoms with Gasteiger partial charge in [-0.25, -0.2) is 0 Å². The number of rotatable bonds is 8. The first-order valence-electron chi connectivity index (χ1n) is 5.66. The molecule has 1 N–H and O–H groups in total. The quantitative estimate of drug-likeness (QED) is 0.690. The van der Waals surface area contributed by atoms with Gasteiger partial charge in [-0.1, -0.05) is 6.92 Å². The van der Waals surface area contributed by atoms with Crippen molar-refractivity contribution in [1.82, 2.24) is 5.32 Å². The van der Waals surface area contributed by atoms with Crippen molar-refractivity contribution in [1.29, 1.82) is 0 Å². The average molecular weight is 227 g/mol. The highest BCUT2D eigenvalue weighted by molar-refractivity contribution is 7.98. The number of thioether (sulfide) groups is 1. The molecule has 1 heterocycles. The molecule has 0 aliphatic heterocycles. The molecule has 0 bridgehead atoms. The third-order valence-corrected chi connectivity index (χ3v) is 3.37. The van der Waals surface area contributed by atoms with Gasteiger partial charge in [0.1, 0.15) is 5.76 Å². The lowest BCUT2D eigenvalue weighted by Gasteiger charge is -2.11. The van der Waals surface area contributed by atoms with Crippen molar-refractivity contribution in [3.8, 4) is 0 Å². The molecule has 0 fully saturated rings. The van der Waals surface area contributed by atoms with Crippen LogP contribution in [0.15, 0.2) is 22.8 Å². The topological polar surface area (TPSA) is 25.2 Å². The highest BCUT2D eigenvalue weighted by Crippen LogP contribution is 2.14. The summed E-state index contributed by atoms with van der Waals surface area (Å²) in [6.45, 7) is 5.48. The summed E-state index contributed by atoms with van der Waals surface area (Å²) in [6.07, 6.45) is 4.28. The Bertz CT molecular complexity index is 236. The monoisotopic (exact) mass is 227 g/mol. The second-order valence-corrected chi connectivity index (χ2v) is 4.84. The molecule has 1 unspecified atom stereocenters. The molecule has 0 aliphatic rings. The van der Waals surface area contributed by atoms with Crippen LogP contribution in [0.25, 0.3) is 0 Å². The van der Waals surface area contributed by atoms with E-state index in [4.69, 9.17) is 4.42 Å². The first kappa shape index (κ1) is 12.7. The minimum atomic E-state index is 0.652. The molecular formula is C12H21NOS. The van der Waals surface area contributed by atoms with Gasteiger partial charge in [0.05, 0.1) is 12.0 Å². The van der Waals surface area contributed by atoms with Crippen LogP contribution in [-0.4, -0.2) is 18.3 Å². The van der Waals surface area contributed by atoms with Crippen molar-refractivity contribution in [3.05, 3.63) is 24.2 Å². The Morgan fingerprint density at radius 2 is 2.40 bits per heavy atom. The van der Waals surface area contributed by atoms with E-state index in [0.29, 0.717) is 6.04 Å². The summed E-state index contributed by atoms with van der Waals surface area (Å²) in [5.41, 5.74) is 0. The number of furan rings is 1. The van der Waals surface area contributed by atoms with Gasteiger partial charge in [0.15, 0.2) is 0 Å². The number of hydrogen-bond donors (Lipinski definition) is 1. The van der Waals surface area contributed by atoms with Crippen LogP contribution in [-0.2, 0) is 5.75 Å². The summed E-state index contributed by atoms with van der Waals surface area (Å²) in [6, 6.07) is 4.64. The lowest BCUT2D eigenvalue weighted by molar-refractivity contribution is 0.524. The average Bonchev–Trinajstić information content (AvgIpc) is 2.70. The summed E-state index contributed by atoms with van der Waals surface area (Å²) in [5, 5.41) is 3.42. The standard InChI is InChI=1S/C12H21NOS/c1-3-13-11(2)6-5-9-15-10-12-7-4-8-14-12/h4,7-8,11,13H,3,5-6,9-10H2,1-2H3. The Kier molecular flexibility index (Phi) is 6.60. The molecule has 0 radical (unpaired) electrons. The lowest BCUT2D eigenvalue weighted by atomic mass is 10.2. The van der Waals surface area contributed by atoms with Crippen molar-refractivity contribution >= 4 is 11.8 Å². The van der Waals surface area contributed by atoms with Crippen molar-refractivity contribution in [2.45, 2.75) is 38.5 Å². The van der Waals surface area contributed by atoms with Gasteiger partial charge >= 0.3 is 0 Å². The van der Waals surface area contributed by atoms with E-state index in [1.165, 1.54) is 18.6 Å². The molecule has 15 heavy (non-hydrogen) atoms. The summed E-state index contributed by atoms with van der Waals surface area (Å²) in [5.74, 6) is 3.30. The van der Waals surface area contributed by atoms with E-state index in [0.717, 1.165) is 18.1 Å². The van der Waals surface area contributed by atoms with E-state index >= 15 is 0 Å². The molecule has 2 nitrogen and oxygen atoms in total. The molecule has 0 spiro atoms. The van der Waals surface area contributed by atoms with Gasteiger partial charge in [-0.2, -0.15) is 11.8 Å². The summed E-state index contributed by atoms with van der Waals surface area (Å²) < 4.78 is 5.27. The zero-order valence-electron chi connectivity index (χ0n) is 9.66. The molecule has 1 aromatic heterocycles. The highest BCUT2D eigenvalue weighted by atomic mass is 32.2. The van der Waals surface area contributed by atoms with Crippen LogP contribution in [0.3, 0.4) is 0 Å². The molecule has 0 saturated carbocycles. The first-order chi connectivity index (χ1) is 7.33. The van der Waals surface area contributed by atoms with Gasteiger partial charge in [-0.05, 0) is 44.2 Å². The maximum absolute atomic E-state index is 5.27. The summed E-state index contributed by atoms with van der Waals surface area (Å²) in [7, 11) is 0. The molecule has 3 heteroatoms. The van der Waals surface area contributed by atoms with E-state index in [1.54, 1.807) is 6.26 Å². The predicted octanol–water partition coefficient (Wildman–Crippen LogP) is 3.29. The van der Waals surface area contributed by atoms with Gasteiger partial charge in [0.2, 0.25) is 0 Å². The van der Waals surface area contributed by atoms with Crippen LogP contribution < -0.4 is 5.32 Å². The fourth-order valence-electron chi connectivity index (χ4n) is 1.51. The Hall–Kier alpha value is -0.410. The van der Waals surface area contributed by atoms with Crippen LogP contribution in [0.5, 0.6) is 0 Å². The van der Waals surface area contributed by atoms with E-state index in [1.807, 2.05) is 23.9 Å². The van der Waals surface area contributed by atoms with Crippen LogP contribution >= 0.6 is 11.8 Å². The number of nitrogens with one attached hydrogen (secondary N) is 1. The third kappa shape index (κ3) is 5.90. The van der Waals surface area contributed by atoms with Gasteiger partial charge in [0.25, 0.3) is 0 Å². The molecule has 0 amide bonds. The van der Waals surface area contributed by atoms with Crippen molar-refractivity contribution in [3.63, 3.8) is 0 Å². The van der Waals surface area contributed by atoms with Gasteiger partial charge in [-0.15, -0.1) is 0 Å². The molecule has 1 rings (SSSR count). The maximum Gasteiger partial charge on any atom is 0.113 e. The minimum Gasteiger partial charge on any atom is -0.468 e. The van der Waals surface area contributed by atoms with Crippen LogP contribution in [0.4, 0.5) is 0 Å².